The Hall–Kier alpha value is -1.87. The summed E-state index contributed by atoms with van der Waals surface area (Å²) in [6.07, 6.45) is 0.504. The van der Waals surface area contributed by atoms with Crippen molar-refractivity contribution < 1.29 is 17.6 Å². The van der Waals surface area contributed by atoms with Crippen LogP contribution in [-0.2, 0) is 14.6 Å². The summed E-state index contributed by atoms with van der Waals surface area (Å²) < 4.78 is 29.0. The molecule has 0 spiro atoms. The number of aromatic nitrogens is 2. The molecule has 0 aliphatic carbocycles. The molecule has 1 fully saturated rings. The first-order chi connectivity index (χ1) is 12.8. The van der Waals surface area contributed by atoms with Gasteiger partial charge in [0.05, 0.1) is 17.3 Å². The fourth-order valence-corrected chi connectivity index (χ4v) is 5.73. The van der Waals surface area contributed by atoms with E-state index >= 15 is 0 Å². The molecule has 0 bridgehead atoms. The summed E-state index contributed by atoms with van der Waals surface area (Å²) in [6.45, 7) is 6.35. The summed E-state index contributed by atoms with van der Waals surface area (Å²) in [4.78, 5) is 14.2. The molecule has 1 aromatic heterocycles. The van der Waals surface area contributed by atoms with Crippen molar-refractivity contribution in [2.45, 2.75) is 38.5 Å². The van der Waals surface area contributed by atoms with Gasteiger partial charge in [0.15, 0.2) is 9.84 Å². The van der Waals surface area contributed by atoms with Gasteiger partial charge in [0, 0.05) is 18.2 Å². The molecule has 1 amide bonds. The Morgan fingerprint density at radius 3 is 2.56 bits per heavy atom. The number of benzene rings is 1. The van der Waals surface area contributed by atoms with Crippen LogP contribution in [0, 0.1) is 13.8 Å². The predicted molar refractivity (Wildman–Crippen MR) is 104 cm³/mol. The number of thioether (sulfide) groups is 1. The third kappa shape index (κ3) is 4.90. The van der Waals surface area contributed by atoms with Gasteiger partial charge in [0.2, 0.25) is 11.8 Å². The molecule has 1 aliphatic rings. The number of amides is 1. The highest BCUT2D eigenvalue weighted by Gasteiger charge is 2.33. The Kier molecular flexibility index (Phi) is 5.90. The van der Waals surface area contributed by atoms with E-state index in [0.717, 1.165) is 16.7 Å². The second-order valence-corrected chi connectivity index (χ2v) is 9.93. The number of carbonyl (C=O) groups is 1. The van der Waals surface area contributed by atoms with E-state index in [1.165, 1.54) is 11.8 Å². The van der Waals surface area contributed by atoms with Gasteiger partial charge in [0.25, 0.3) is 5.22 Å². The first-order valence-corrected chi connectivity index (χ1v) is 11.6. The number of rotatable bonds is 6. The molecule has 0 saturated carbocycles. The number of hydrogen-bond acceptors (Lipinski definition) is 7. The van der Waals surface area contributed by atoms with Gasteiger partial charge in [0.1, 0.15) is 0 Å². The molecule has 2 heterocycles. The first kappa shape index (κ1) is 19.9. The zero-order valence-electron chi connectivity index (χ0n) is 15.6. The minimum Gasteiger partial charge on any atom is -0.411 e. The van der Waals surface area contributed by atoms with Crippen molar-refractivity contribution in [3.05, 3.63) is 29.3 Å². The largest absolute Gasteiger partial charge is 0.411 e. The fraction of sp³-hybridized carbons (Fsp3) is 0.500. The molecule has 146 valence electrons. The van der Waals surface area contributed by atoms with Gasteiger partial charge in [-0.2, -0.15) is 0 Å². The van der Waals surface area contributed by atoms with E-state index in [-0.39, 0.29) is 29.2 Å². The minimum atomic E-state index is -3.03. The summed E-state index contributed by atoms with van der Waals surface area (Å²) in [6, 6.07) is 5.77. The second-order valence-electron chi connectivity index (χ2n) is 6.77. The molecule has 0 unspecified atom stereocenters. The molecular formula is C18H23N3O4S2. The molecule has 2 aromatic rings. The smallest absolute Gasteiger partial charge is 0.277 e. The van der Waals surface area contributed by atoms with Crippen LogP contribution in [0.2, 0.25) is 0 Å². The normalized spacial score (nSPS) is 18.6. The topological polar surface area (TPSA) is 93.4 Å². The highest BCUT2D eigenvalue weighted by molar-refractivity contribution is 7.99. The third-order valence-corrected chi connectivity index (χ3v) is 7.06. The van der Waals surface area contributed by atoms with E-state index < -0.39 is 9.84 Å². The van der Waals surface area contributed by atoms with Crippen molar-refractivity contribution in [1.82, 2.24) is 15.1 Å². The monoisotopic (exact) mass is 409 g/mol. The van der Waals surface area contributed by atoms with E-state index in [4.69, 9.17) is 4.42 Å². The lowest BCUT2D eigenvalue weighted by molar-refractivity contribution is -0.129. The molecule has 1 aromatic carbocycles. The molecule has 1 aliphatic heterocycles. The van der Waals surface area contributed by atoms with Gasteiger partial charge in [-0.15, -0.1) is 10.2 Å². The van der Waals surface area contributed by atoms with Crippen LogP contribution in [0.5, 0.6) is 0 Å². The molecule has 0 N–H and O–H groups in total. The SMILES string of the molecule is CCN(C(=O)CSc1nnc(-c2cc(C)cc(C)c2)o1)[C@@H]1CCS(=O)(=O)C1. The van der Waals surface area contributed by atoms with Gasteiger partial charge in [-0.05, 0) is 39.3 Å². The highest BCUT2D eigenvalue weighted by Crippen LogP contribution is 2.26. The molecule has 3 rings (SSSR count). The summed E-state index contributed by atoms with van der Waals surface area (Å²) in [7, 11) is -3.03. The Bertz CT molecular complexity index is 920. The summed E-state index contributed by atoms with van der Waals surface area (Å²) in [5, 5.41) is 8.40. The summed E-state index contributed by atoms with van der Waals surface area (Å²) >= 11 is 1.17. The number of nitrogens with zero attached hydrogens (tertiary/aromatic N) is 3. The van der Waals surface area contributed by atoms with Crippen LogP contribution >= 0.6 is 11.8 Å². The Morgan fingerprint density at radius 1 is 1.26 bits per heavy atom. The molecule has 1 atom stereocenters. The van der Waals surface area contributed by atoms with Gasteiger partial charge in [-0.25, -0.2) is 8.42 Å². The van der Waals surface area contributed by atoms with Crippen molar-refractivity contribution in [3.63, 3.8) is 0 Å². The Balaban J connectivity index is 1.63. The summed E-state index contributed by atoms with van der Waals surface area (Å²) in [5.41, 5.74) is 3.07. The minimum absolute atomic E-state index is 0.0503. The Morgan fingerprint density at radius 2 is 1.96 bits per heavy atom. The average Bonchev–Trinajstić information content (AvgIpc) is 3.19. The standard InChI is InChI=1S/C18H23N3O4S2/c1-4-21(15-5-6-27(23,24)11-15)16(22)10-26-18-20-19-17(25-18)14-8-12(2)7-13(3)9-14/h7-9,15H,4-6,10-11H2,1-3H3/t15-/m1/s1. The van der Waals surface area contributed by atoms with Crippen molar-refractivity contribution >= 4 is 27.5 Å². The van der Waals surface area contributed by atoms with Crippen LogP contribution < -0.4 is 0 Å². The highest BCUT2D eigenvalue weighted by atomic mass is 32.2. The lowest BCUT2D eigenvalue weighted by Crippen LogP contribution is -2.41. The Labute approximate surface area is 163 Å². The fourth-order valence-electron chi connectivity index (χ4n) is 3.35. The van der Waals surface area contributed by atoms with Gasteiger partial charge in [-0.3, -0.25) is 4.79 Å². The van der Waals surface area contributed by atoms with Gasteiger partial charge >= 0.3 is 0 Å². The van der Waals surface area contributed by atoms with E-state index in [2.05, 4.69) is 16.3 Å². The van der Waals surface area contributed by atoms with Crippen LogP contribution in [0.25, 0.3) is 11.5 Å². The molecule has 0 radical (unpaired) electrons. The van der Waals surface area contributed by atoms with Gasteiger partial charge < -0.3 is 9.32 Å². The maximum absolute atomic E-state index is 12.5. The summed E-state index contributed by atoms with van der Waals surface area (Å²) in [5.74, 6) is 0.645. The average molecular weight is 410 g/mol. The second kappa shape index (κ2) is 8.02. The van der Waals surface area contributed by atoms with Crippen LogP contribution in [0.4, 0.5) is 0 Å². The van der Waals surface area contributed by atoms with Crippen LogP contribution in [0.1, 0.15) is 24.5 Å². The third-order valence-electron chi connectivity index (χ3n) is 4.50. The quantitative estimate of drug-likeness (QED) is 0.677. The predicted octanol–water partition coefficient (Wildman–Crippen LogP) is 2.48. The van der Waals surface area contributed by atoms with Crippen LogP contribution in [-0.4, -0.2) is 59.3 Å². The van der Waals surface area contributed by atoms with Crippen LogP contribution in [0.15, 0.2) is 27.8 Å². The number of aryl methyl sites for hydroxylation is 2. The molecule has 9 heteroatoms. The number of sulfone groups is 1. The van der Waals surface area contributed by atoms with E-state index in [0.29, 0.717) is 24.1 Å². The maximum atomic E-state index is 12.5. The van der Waals surface area contributed by atoms with Crippen LogP contribution in [0.3, 0.4) is 0 Å². The van der Waals surface area contributed by atoms with E-state index in [1.54, 1.807) is 4.90 Å². The molecular weight excluding hydrogens is 386 g/mol. The zero-order valence-corrected chi connectivity index (χ0v) is 17.3. The zero-order chi connectivity index (χ0) is 19.6. The molecule has 27 heavy (non-hydrogen) atoms. The maximum Gasteiger partial charge on any atom is 0.277 e. The van der Waals surface area contributed by atoms with Crippen molar-refractivity contribution in [1.29, 1.82) is 0 Å². The van der Waals surface area contributed by atoms with E-state index in [1.807, 2.05) is 32.9 Å². The van der Waals surface area contributed by atoms with Crippen molar-refractivity contribution in [2.24, 2.45) is 0 Å². The van der Waals surface area contributed by atoms with Crippen molar-refractivity contribution in [3.8, 4) is 11.5 Å². The first-order valence-electron chi connectivity index (χ1n) is 8.82. The number of hydrogen-bond donors (Lipinski definition) is 0. The van der Waals surface area contributed by atoms with Gasteiger partial charge in [-0.1, -0.05) is 29.0 Å². The number of carbonyl (C=O) groups excluding carboxylic acids is 1. The van der Waals surface area contributed by atoms with E-state index in [9.17, 15) is 13.2 Å². The lowest BCUT2D eigenvalue weighted by atomic mass is 10.1. The molecule has 7 nitrogen and oxygen atoms in total. The lowest BCUT2D eigenvalue weighted by Gasteiger charge is -2.26. The van der Waals surface area contributed by atoms with Crippen molar-refractivity contribution in [2.75, 3.05) is 23.8 Å². The molecule has 1 saturated heterocycles.